The Morgan fingerprint density at radius 3 is 1.46 bits per heavy atom. The molecule has 16 nitrogen and oxygen atoms in total. The van der Waals surface area contributed by atoms with E-state index in [0.29, 0.717) is 65.0 Å². The van der Waals surface area contributed by atoms with Crippen LogP contribution in [0, 0.1) is 10.8 Å². The quantitative estimate of drug-likeness (QED) is 0.0519. The molecule has 2 aliphatic heterocycles. The van der Waals surface area contributed by atoms with Gasteiger partial charge in [0.2, 0.25) is 11.8 Å². The Bertz CT molecular complexity index is 2010. The van der Waals surface area contributed by atoms with Crippen molar-refractivity contribution in [1.29, 1.82) is 0 Å². The van der Waals surface area contributed by atoms with Crippen LogP contribution in [-0.4, -0.2) is 107 Å². The predicted octanol–water partition coefficient (Wildman–Crippen LogP) is 7.90. The van der Waals surface area contributed by atoms with Gasteiger partial charge in [0.1, 0.15) is 17.7 Å². The molecule has 2 aliphatic carbocycles. The number of fused-ring (bicyclic) bond motifs is 2. The molecule has 3 amide bonds. The molecule has 0 aromatic carbocycles. The maximum atomic E-state index is 13.3. The van der Waals surface area contributed by atoms with Gasteiger partial charge >= 0.3 is 18.0 Å². The molecular weight excluding hydrogens is 905 g/mol. The summed E-state index contributed by atoms with van der Waals surface area (Å²) in [7, 11) is 0. The van der Waals surface area contributed by atoms with Crippen molar-refractivity contribution in [3.63, 3.8) is 0 Å². The van der Waals surface area contributed by atoms with Crippen LogP contribution in [0.3, 0.4) is 0 Å². The lowest BCUT2D eigenvalue weighted by Gasteiger charge is -2.36. The molecule has 71 heavy (non-hydrogen) atoms. The third kappa shape index (κ3) is 19.0. The summed E-state index contributed by atoms with van der Waals surface area (Å²) in [5, 5.41) is 27.5. The van der Waals surface area contributed by atoms with Crippen molar-refractivity contribution >= 4 is 29.8 Å². The first-order valence-electron chi connectivity index (χ1n) is 27.0. The lowest BCUT2D eigenvalue weighted by atomic mass is 9.78. The Morgan fingerprint density at radius 2 is 1.03 bits per heavy atom. The molecule has 2 saturated heterocycles. The van der Waals surface area contributed by atoms with Crippen molar-refractivity contribution in [3.8, 4) is 0 Å². The van der Waals surface area contributed by atoms with E-state index >= 15 is 0 Å². The minimum absolute atomic E-state index is 0.0719. The number of hydrogen-bond donors (Lipinski definition) is 6. The largest absolute Gasteiger partial charge is 0.480 e. The molecule has 396 valence electrons. The number of hydrogen-bond acceptors (Lipinski definition) is 11. The van der Waals surface area contributed by atoms with Crippen LogP contribution in [0.1, 0.15) is 183 Å². The van der Waals surface area contributed by atoms with Crippen molar-refractivity contribution in [1.82, 2.24) is 25.9 Å². The highest BCUT2D eigenvalue weighted by atomic mass is 16.6. The minimum atomic E-state index is -1.04. The van der Waals surface area contributed by atoms with Crippen molar-refractivity contribution in [2.24, 2.45) is 16.6 Å². The van der Waals surface area contributed by atoms with Crippen LogP contribution in [0.4, 0.5) is 4.79 Å². The summed E-state index contributed by atoms with van der Waals surface area (Å²) in [6.07, 6.45) is 23.5. The summed E-state index contributed by atoms with van der Waals surface area (Å²) in [6, 6.07) is 7.03. The van der Waals surface area contributed by atoms with Crippen LogP contribution in [0.25, 0.3) is 0 Å². The molecule has 16 heteroatoms. The van der Waals surface area contributed by atoms with Crippen LogP contribution in [0.15, 0.2) is 24.3 Å². The van der Waals surface area contributed by atoms with Crippen LogP contribution >= 0.6 is 0 Å². The second-order valence-electron chi connectivity index (χ2n) is 21.4. The normalized spacial score (nSPS) is 18.0. The molecule has 2 aromatic heterocycles. The monoisotopic (exact) mass is 991 g/mol. The van der Waals surface area contributed by atoms with Crippen molar-refractivity contribution in [2.75, 3.05) is 39.5 Å². The van der Waals surface area contributed by atoms with Gasteiger partial charge in [0.05, 0.1) is 10.8 Å². The number of carboxylic acids is 2. The standard InChI is InChI=1S/C30H47N3O6.C25H39N3O4/c1-29(2,3)39-28(37)31-21-30(17-19-38-20-18-30)27(36)33-25(26(34)35)14-8-6-4-5-7-12-23-16-15-22-11-9-10-13-24(22)32-23;26-18-25(14-16-32-17-15-25)24(31)28-22(23(29)30)11-5-3-1-2-4-9-20-13-12-19-8-6-7-10-21(19)27-20/h15-16,25H,4-14,17-21H2,1-3H3,(H,31,37)(H,33,36)(H,34,35);12-13,22H,1-11,14-18,26H2,(H,28,31)(H,29,30)/t25-;22-/m00/s1. The summed E-state index contributed by atoms with van der Waals surface area (Å²) in [4.78, 5) is 71.5. The highest BCUT2D eigenvalue weighted by Gasteiger charge is 2.43. The molecule has 7 N–H and O–H groups in total. The SMILES string of the molecule is CC(C)(C)OC(=O)NCC1(C(=O)N[C@@H](CCCCCCCc2ccc3c(n2)CCCC3)C(=O)O)CCOCC1.NCC1(C(=O)N[C@@H](CCCCCCCc2ccc3c(n2)CCCC3)C(=O)O)CCOCC1. The van der Waals surface area contributed by atoms with Crippen LogP contribution in [-0.2, 0) is 71.9 Å². The summed E-state index contributed by atoms with van der Waals surface area (Å²) in [5.74, 6) is -2.61. The maximum absolute atomic E-state index is 13.3. The number of aryl methyl sites for hydroxylation is 6. The first-order chi connectivity index (χ1) is 34.1. The Morgan fingerprint density at radius 1 is 0.620 bits per heavy atom. The van der Waals surface area contributed by atoms with Gasteiger partial charge in [-0.3, -0.25) is 19.6 Å². The minimum Gasteiger partial charge on any atom is -0.480 e. The summed E-state index contributed by atoms with van der Waals surface area (Å²) < 4.78 is 16.1. The number of nitrogens with zero attached hydrogens (tertiary/aromatic N) is 2. The van der Waals surface area contributed by atoms with E-state index in [4.69, 9.17) is 29.9 Å². The molecule has 2 aromatic rings. The Balaban J connectivity index is 0.000000269. The highest BCUT2D eigenvalue weighted by molar-refractivity contribution is 5.88. The van der Waals surface area contributed by atoms with E-state index in [9.17, 15) is 34.2 Å². The second-order valence-corrected chi connectivity index (χ2v) is 21.4. The number of nitrogens with two attached hydrogens (primary N) is 1. The Labute approximate surface area is 422 Å². The molecular formula is C55H86N6O10. The van der Waals surface area contributed by atoms with Crippen LogP contribution < -0.4 is 21.7 Å². The number of rotatable bonds is 25. The number of pyridine rings is 2. The first-order valence-corrected chi connectivity index (χ1v) is 27.0. The fourth-order valence-electron chi connectivity index (χ4n) is 10.1. The van der Waals surface area contributed by atoms with Crippen LogP contribution in [0.2, 0.25) is 0 Å². The summed E-state index contributed by atoms with van der Waals surface area (Å²) in [5.41, 5.74) is 11.4. The molecule has 6 rings (SSSR count). The fourth-order valence-corrected chi connectivity index (χ4v) is 10.1. The zero-order chi connectivity index (χ0) is 51.1. The zero-order valence-corrected chi connectivity index (χ0v) is 43.2. The number of ether oxygens (including phenoxy) is 3. The molecule has 0 spiro atoms. The molecule has 4 aliphatic rings. The van der Waals surface area contributed by atoms with Gasteiger partial charge in [0.15, 0.2) is 0 Å². The third-order valence-electron chi connectivity index (χ3n) is 14.8. The molecule has 4 heterocycles. The lowest BCUT2D eigenvalue weighted by molar-refractivity contribution is -0.146. The van der Waals surface area contributed by atoms with Gasteiger partial charge in [0.25, 0.3) is 0 Å². The molecule has 0 bridgehead atoms. The van der Waals surface area contributed by atoms with Gasteiger partial charge in [0, 0.05) is 62.3 Å². The van der Waals surface area contributed by atoms with Crippen LogP contribution in [0.5, 0.6) is 0 Å². The number of aliphatic carboxylic acids is 2. The number of carboxylic acid groups (broad SMARTS) is 2. The van der Waals surface area contributed by atoms with Gasteiger partial charge in [-0.15, -0.1) is 0 Å². The highest BCUT2D eigenvalue weighted by Crippen LogP contribution is 2.32. The van der Waals surface area contributed by atoms with E-state index in [1.54, 1.807) is 20.8 Å². The average molecular weight is 991 g/mol. The number of amides is 3. The van der Waals surface area contributed by atoms with Gasteiger partial charge in [-0.25, -0.2) is 14.4 Å². The Hall–Kier alpha value is -4.67. The molecule has 2 atom stereocenters. The van der Waals surface area contributed by atoms with Gasteiger partial charge < -0.3 is 46.1 Å². The van der Waals surface area contributed by atoms with Gasteiger partial charge in [-0.05, 0) is 160 Å². The summed E-state index contributed by atoms with van der Waals surface area (Å²) >= 11 is 0. The molecule has 2 fully saturated rings. The topological polar surface area (TPSA) is 241 Å². The number of carbonyl (C=O) groups excluding carboxylic acids is 3. The number of alkyl carbamates (subject to hydrolysis) is 1. The van der Waals surface area contributed by atoms with E-state index in [0.717, 1.165) is 96.3 Å². The van der Waals surface area contributed by atoms with E-state index < -0.39 is 46.5 Å². The number of aromatic nitrogens is 2. The third-order valence-corrected chi connectivity index (χ3v) is 14.8. The maximum Gasteiger partial charge on any atom is 0.407 e. The fraction of sp³-hybridized carbons (Fsp3) is 0.727. The Kier molecular flexibility index (Phi) is 23.5. The van der Waals surface area contributed by atoms with E-state index in [-0.39, 0.29) is 24.9 Å². The molecule has 0 radical (unpaired) electrons. The molecule has 0 unspecified atom stereocenters. The van der Waals surface area contributed by atoms with E-state index in [1.165, 1.54) is 66.0 Å². The number of unbranched alkanes of at least 4 members (excludes halogenated alkanes) is 8. The molecule has 0 saturated carbocycles. The first kappa shape index (κ1) is 57.2. The van der Waals surface area contributed by atoms with E-state index in [1.807, 2.05) is 0 Å². The van der Waals surface area contributed by atoms with Crippen molar-refractivity contribution in [3.05, 3.63) is 58.2 Å². The smallest absolute Gasteiger partial charge is 0.407 e. The summed E-state index contributed by atoms with van der Waals surface area (Å²) in [6.45, 7) is 7.33. The van der Waals surface area contributed by atoms with Gasteiger partial charge in [-0.1, -0.05) is 63.5 Å². The van der Waals surface area contributed by atoms with Crippen molar-refractivity contribution < 1.29 is 48.4 Å². The average Bonchev–Trinajstić information content (AvgIpc) is 3.36. The zero-order valence-electron chi connectivity index (χ0n) is 43.2. The van der Waals surface area contributed by atoms with E-state index in [2.05, 4.69) is 40.2 Å². The number of carbonyl (C=O) groups is 5. The number of nitrogens with one attached hydrogen (secondary N) is 3. The van der Waals surface area contributed by atoms with Gasteiger partial charge in [-0.2, -0.15) is 0 Å². The predicted molar refractivity (Wildman–Crippen MR) is 272 cm³/mol. The van der Waals surface area contributed by atoms with Crippen molar-refractivity contribution in [2.45, 2.75) is 205 Å². The lowest BCUT2D eigenvalue weighted by Crippen LogP contribution is -2.55. The second kappa shape index (κ2) is 29.1.